The van der Waals surface area contributed by atoms with Crippen molar-refractivity contribution in [3.05, 3.63) is 0 Å². The number of nitrogens with one attached hydrogen (secondary N) is 1. The van der Waals surface area contributed by atoms with E-state index in [1.54, 1.807) is 0 Å². The number of rotatable bonds is 5. The molecule has 2 heteroatoms. The topological polar surface area (TPSA) is 32.3 Å². The summed E-state index contributed by atoms with van der Waals surface area (Å²) in [5.41, 5.74) is 0. The third-order valence-corrected chi connectivity index (χ3v) is 4.00. The standard InChI is InChI=1S/C13H27NO/c1-4-12-6-5-7-13(8-12)14-11(3)10(2)9-15/h10-15H,4-9H2,1-3H3. The first kappa shape index (κ1) is 13.0. The smallest absolute Gasteiger partial charge is 0.0471 e. The predicted molar refractivity (Wildman–Crippen MR) is 64.9 cm³/mol. The fraction of sp³-hybridized carbons (Fsp3) is 1.00. The molecule has 90 valence electrons. The number of hydrogen-bond donors (Lipinski definition) is 2. The van der Waals surface area contributed by atoms with Gasteiger partial charge in [0.2, 0.25) is 0 Å². The largest absolute Gasteiger partial charge is 0.396 e. The second-order valence-corrected chi connectivity index (χ2v) is 5.25. The highest BCUT2D eigenvalue weighted by atomic mass is 16.3. The van der Waals surface area contributed by atoms with Crippen molar-refractivity contribution >= 4 is 0 Å². The highest BCUT2D eigenvalue weighted by Crippen LogP contribution is 2.27. The van der Waals surface area contributed by atoms with Gasteiger partial charge in [-0.25, -0.2) is 0 Å². The summed E-state index contributed by atoms with van der Waals surface area (Å²) in [7, 11) is 0. The van der Waals surface area contributed by atoms with Gasteiger partial charge in [0.25, 0.3) is 0 Å². The SMILES string of the molecule is CCC1CCCC(NC(C)C(C)CO)C1. The van der Waals surface area contributed by atoms with Crippen LogP contribution in [0.4, 0.5) is 0 Å². The Morgan fingerprint density at radius 3 is 2.67 bits per heavy atom. The zero-order valence-corrected chi connectivity index (χ0v) is 10.5. The van der Waals surface area contributed by atoms with Crippen molar-refractivity contribution in [1.29, 1.82) is 0 Å². The fourth-order valence-corrected chi connectivity index (χ4v) is 2.51. The van der Waals surface area contributed by atoms with E-state index in [0.717, 1.165) is 5.92 Å². The summed E-state index contributed by atoms with van der Waals surface area (Å²) >= 11 is 0. The Balaban J connectivity index is 2.31. The minimum atomic E-state index is 0.290. The van der Waals surface area contributed by atoms with E-state index >= 15 is 0 Å². The van der Waals surface area contributed by atoms with Crippen LogP contribution in [-0.2, 0) is 0 Å². The summed E-state index contributed by atoms with van der Waals surface area (Å²) in [5, 5.41) is 12.8. The summed E-state index contributed by atoms with van der Waals surface area (Å²) in [4.78, 5) is 0. The molecule has 0 saturated heterocycles. The first-order valence-electron chi connectivity index (χ1n) is 6.54. The van der Waals surface area contributed by atoms with Crippen LogP contribution in [0.1, 0.15) is 52.9 Å². The maximum absolute atomic E-state index is 9.09. The highest BCUT2D eigenvalue weighted by molar-refractivity contribution is 4.80. The molecule has 0 heterocycles. The molecular weight excluding hydrogens is 186 g/mol. The number of aliphatic hydroxyl groups is 1. The molecule has 0 aromatic rings. The van der Waals surface area contributed by atoms with Crippen LogP contribution in [0.25, 0.3) is 0 Å². The van der Waals surface area contributed by atoms with Crippen LogP contribution in [0.5, 0.6) is 0 Å². The fourth-order valence-electron chi connectivity index (χ4n) is 2.51. The van der Waals surface area contributed by atoms with Crippen LogP contribution in [0, 0.1) is 11.8 Å². The molecule has 4 atom stereocenters. The molecule has 1 aliphatic carbocycles. The van der Waals surface area contributed by atoms with Gasteiger partial charge in [0.05, 0.1) is 0 Å². The Kier molecular flexibility index (Phi) is 5.62. The lowest BCUT2D eigenvalue weighted by Gasteiger charge is -2.33. The lowest BCUT2D eigenvalue weighted by molar-refractivity contribution is 0.185. The molecule has 1 aliphatic rings. The minimum Gasteiger partial charge on any atom is -0.396 e. The van der Waals surface area contributed by atoms with E-state index in [9.17, 15) is 0 Å². The molecule has 1 saturated carbocycles. The molecule has 1 fully saturated rings. The summed E-state index contributed by atoms with van der Waals surface area (Å²) < 4.78 is 0. The van der Waals surface area contributed by atoms with E-state index in [2.05, 4.69) is 26.1 Å². The first-order chi connectivity index (χ1) is 7.17. The van der Waals surface area contributed by atoms with Crippen molar-refractivity contribution in [3.63, 3.8) is 0 Å². The quantitative estimate of drug-likeness (QED) is 0.735. The van der Waals surface area contributed by atoms with Gasteiger partial charge < -0.3 is 10.4 Å². The lowest BCUT2D eigenvalue weighted by atomic mass is 9.83. The van der Waals surface area contributed by atoms with Gasteiger partial charge in [-0.1, -0.05) is 33.1 Å². The second kappa shape index (κ2) is 6.49. The molecule has 0 bridgehead atoms. The summed E-state index contributed by atoms with van der Waals surface area (Å²) in [6.07, 6.45) is 6.76. The molecule has 0 aromatic carbocycles. The molecule has 2 N–H and O–H groups in total. The first-order valence-corrected chi connectivity index (χ1v) is 6.54. The van der Waals surface area contributed by atoms with E-state index in [-0.39, 0.29) is 6.61 Å². The van der Waals surface area contributed by atoms with E-state index in [0.29, 0.717) is 18.0 Å². The Bertz CT molecular complexity index is 172. The van der Waals surface area contributed by atoms with E-state index in [1.807, 2.05) is 0 Å². The average molecular weight is 213 g/mol. The van der Waals surface area contributed by atoms with Gasteiger partial charge in [-0.2, -0.15) is 0 Å². The molecule has 4 unspecified atom stereocenters. The van der Waals surface area contributed by atoms with E-state index in [4.69, 9.17) is 5.11 Å². The van der Waals surface area contributed by atoms with Gasteiger partial charge in [-0.15, -0.1) is 0 Å². The summed E-state index contributed by atoms with van der Waals surface area (Å²) in [6, 6.07) is 1.13. The third-order valence-electron chi connectivity index (χ3n) is 4.00. The second-order valence-electron chi connectivity index (χ2n) is 5.25. The molecule has 0 aromatic heterocycles. The lowest BCUT2D eigenvalue weighted by Crippen LogP contribution is -2.43. The highest BCUT2D eigenvalue weighted by Gasteiger charge is 2.23. The molecule has 0 radical (unpaired) electrons. The zero-order valence-electron chi connectivity index (χ0n) is 10.5. The maximum atomic E-state index is 9.09. The van der Waals surface area contributed by atoms with Crippen molar-refractivity contribution in [2.45, 2.75) is 65.0 Å². The normalized spacial score (nSPS) is 31.2. The van der Waals surface area contributed by atoms with Crippen LogP contribution in [0.3, 0.4) is 0 Å². The average Bonchev–Trinajstić information content (AvgIpc) is 2.28. The van der Waals surface area contributed by atoms with E-state index < -0.39 is 0 Å². The van der Waals surface area contributed by atoms with Crippen molar-refractivity contribution in [3.8, 4) is 0 Å². The molecule has 0 spiro atoms. The van der Waals surface area contributed by atoms with Crippen molar-refractivity contribution in [2.24, 2.45) is 11.8 Å². The molecule has 0 aliphatic heterocycles. The van der Waals surface area contributed by atoms with Gasteiger partial charge in [0, 0.05) is 18.7 Å². The van der Waals surface area contributed by atoms with Gasteiger partial charge >= 0.3 is 0 Å². The van der Waals surface area contributed by atoms with Gasteiger partial charge in [-0.05, 0) is 31.6 Å². The van der Waals surface area contributed by atoms with Crippen molar-refractivity contribution in [2.75, 3.05) is 6.61 Å². The minimum absolute atomic E-state index is 0.290. The van der Waals surface area contributed by atoms with Crippen LogP contribution >= 0.6 is 0 Å². The van der Waals surface area contributed by atoms with Crippen molar-refractivity contribution < 1.29 is 5.11 Å². The van der Waals surface area contributed by atoms with Gasteiger partial charge in [0.15, 0.2) is 0 Å². The van der Waals surface area contributed by atoms with Crippen LogP contribution in [-0.4, -0.2) is 23.8 Å². The Labute approximate surface area is 94.5 Å². The van der Waals surface area contributed by atoms with Crippen LogP contribution in [0.15, 0.2) is 0 Å². The summed E-state index contributed by atoms with van der Waals surface area (Å²) in [6.45, 7) is 6.89. The van der Waals surface area contributed by atoms with Gasteiger partial charge in [-0.3, -0.25) is 0 Å². The summed E-state index contributed by atoms with van der Waals surface area (Å²) in [5.74, 6) is 1.29. The monoisotopic (exact) mass is 213 g/mol. The number of aliphatic hydroxyl groups excluding tert-OH is 1. The predicted octanol–water partition coefficient (Wildman–Crippen LogP) is 2.56. The molecule has 0 amide bonds. The third kappa shape index (κ3) is 4.12. The molecular formula is C13H27NO. The Hall–Kier alpha value is -0.0800. The maximum Gasteiger partial charge on any atom is 0.0471 e. The zero-order chi connectivity index (χ0) is 11.3. The Morgan fingerprint density at radius 2 is 2.07 bits per heavy atom. The number of hydrogen-bond acceptors (Lipinski definition) is 2. The van der Waals surface area contributed by atoms with Crippen molar-refractivity contribution in [1.82, 2.24) is 5.32 Å². The molecule has 1 rings (SSSR count). The van der Waals surface area contributed by atoms with E-state index in [1.165, 1.54) is 32.1 Å². The van der Waals surface area contributed by atoms with Crippen LogP contribution in [0.2, 0.25) is 0 Å². The molecule has 2 nitrogen and oxygen atoms in total. The molecule has 15 heavy (non-hydrogen) atoms. The van der Waals surface area contributed by atoms with Crippen LogP contribution < -0.4 is 5.32 Å². The van der Waals surface area contributed by atoms with Gasteiger partial charge in [0.1, 0.15) is 0 Å². The Morgan fingerprint density at radius 1 is 1.33 bits per heavy atom.